The molecule has 2 aromatic rings. The number of nitrogens with one attached hydrogen (secondary N) is 1. The van der Waals surface area contributed by atoms with Gasteiger partial charge in [0.1, 0.15) is 0 Å². The number of fused-ring (bicyclic) bond motifs is 1. The second kappa shape index (κ2) is 4.61. The summed E-state index contributed by atoms with van der Waals surface area (Å²) in [6, 6.07) is 8.74. The fourth-order valence-electron chi connectivity index (χ4n) is 1.73. The van der Waals surface area contributed by atoms with Crippen molar-refractivity contribution in [3.05, 3.63) is 54.1 Å². The summed E-state index contributed by atoms with van der Waals surface area (Å²) in [5, 5.41) is 0. The molecule has 0 atom stereocenters. The lowest BCUT2D eigenvalue weighted by molar-refractivity contribution is 0.912. The van der Waals surface area contributed by atoms with Crippen LogP contribution in [0.25, 0.3) is 0 Å². The van der Waals surface area contributed by atoms with Crippen LogP contribution in [0, 0.1) is 0 Å². The molecule has 0 saturated heterocycles. The highest BCUT2D eigenvalue weighted by molar-refractivity contribution is 5.30. The second-order valence-electron chi connectivity index (χ2n) is 3.38. The summed E-state index contributed by atoms with van der Waals surface area (Å²) in [7, 11) is 0. The summed E-state index contributed by atoms with van der Waals surface area (Å²) >= 11 is 0. The minimum atomic E-state index is 1.30. The lowest BCUT2D eigenvalue weighted by Crippen LogP contribution is -1.77. The van der Waals surface area contributed by atoms with Crippen molar-refractivity contribution in [3.63, 3.8) is 0 Å². The monoisotopic (exact) mass is 186 g/mol. The number of nitrogens with zero attached hydrogens (tertiary/aromatic N) is 1. The standard InChI is InChI=1S/C9H10.C3H4N2/c1-2-5-9-7-3-6-8(9)4-1;1-2-5-3-4-1/h1-2,4-5H,3,6-7H2;1-3H,(H,4,5). The number of aromatic amines is 1. The van der Waals surface area contributed by atoms with Crippen LogP contribution in [0.1, 0.15) is 17.5 Å². The number of aryl methyl sites for hydroxylation is 2. The maximum absolute atomic E-state index is 3.67. The van der Waals surface area contributed by atoms with E-state index in [1.165, 1.54) is 19.3 Å². The van der Waals surface area contributed by atoms with Crippen LogP contribution >= 0.6 is 0 Å². The van der Waals surface area contributed by atoms with Crippen molar-refractivity contribution in [1.82, 2.24) is 9.97 Å². The van der Waals surface area contributed by atoms with Gasteiger partial charge in [0, 0.05) is 12.4 Å². The first-order chi connectivity index (χ1) is 6.97. The molecule has 2 nitrogen and oxygen atoms in total. The first-order valence-electron chi connectivity index (χ1n) is 4.96. The lowest BCUT2D eigenvalue weighted by atomic mass is 10.1. The van der Waals surface area contributed by atoms with Crippen molar-refractivity contribution >= 4 is 0 Å². The van der Waals surface area contributed by atoms with Crippen LogP contribution in [0.15, 0.2) is 43.0 Å². The van der Waals surface area contributed by atoms with Crippen molar-refractivity contribution in [3.8, 4) is 0 Å². The molecule has 1 aromatic heterocycles. The number of benzene rings is 1. The predicted molar refractivity (Wildman–Crippen MR) is 57.1 cm³/mol. The number of rotatable bonds is 0. The summed E-state index contributed by atoms with van der Waals surface area (Å²) in [5.41, 5.74) is 3.13. The third kappa shape index (κ3) is 2.22. The molecule has 1 aliphatic rings. The molecule has 14 heavy (non-hydrogen) atoms. The Kier molecular flexibility index (Phi) is 2.96. The second-order valence-corrected chi connectivity index (χ2v) is 3.38. The van der Waals surface area contributed by atoms with Crippen molar-refractivity contribution in [2.45, 2.75) is 19.3 Å². The van der Waals surface area contributed by atoms with Gasteiger partial charge in [-0.25, -0.2) is 4.98 Å². The number of H-pyrrole nitrogens is 1. The Labute approximate surface area is 84.0 Å². The summed E-state index contributed by atoms with van der Waals surface area (Å²) < 4.78 is 0. The van der Waals surface area contributed by atoms with Crippen molar-refractivity contribution in [1.29, 1.82) is 0 Å². The van der Waals surface area contributed by atoms with Crippen LogP contribution in [0.5, 0.6) is 0 Å². The fourth-order valence-corrected chi connectivity index (χ4v) is 1.73. The molecule has 1 aliphatic carbocycles. The highest BCUT2D eigenvalue weighted by Gasteiger charge is 2.07. The molecule has 1 aromatic carbocycles. The number of hydrogen-bond donors (Lipinski definition) is 1. The molecular weight excluding hydrogens is 172 g/mol. The van der Waals surface area contributed by atoms with Crippen molar-refractivity contribution < 1.29 is 0 Å². The van der Waals surface area contributed by atoms with E-state index in [0.717, 1.165) is 0 Å². The zero-order valence-corrected chi connectivity index (χ0v) is 8.11. The Balaban J connectivity index is 0.000000128. The van der Waals surface area contributed by atoms with Gasteiger partial charge in [-0.2, -0.15) is 0 Å². The molecule has 3 rings (SSSR count). The summed E-state index contributed by atoms with van der Waals surface area (Å²) in [5.74, 6) is 0. The van der Waals surface area contributed by atoms with Crippen LogP contribution in [-0.2, 0) is 12.8 Å². The van der Waals surface area contributed by atoms with Gasteiger partial charge in [0.15, 0.2) is 0 Å². The van der Waals surface area contributed by atoms with E-state index in [4.69, 9.17) is 0 Å². The Morgan fingerprint density at radius 2 is 1.79 bits per heavy atom. The maximum Gasteiger partial charge on any atom is 0.0919 e. The zero-order valence-electron chi connectivity index (χ0n) is 8.11. The van der Waals surface area contributed by atoms with Crippen molar-refractivity contribution in [2.24, 2.45) is 0 Å². The Morgan fingerprint density at radius 3 is 2.21 bits per heavy atom. The first kappa shape index (κ1) is 9.00. The maximum atomic E-state index is 3.67. The van der Waals surface area contributed by atoms with Gasteiger partial charge in [0.05, 0.1) is 6.33 Å². The minimum Gasteiger partial charge on any atom is -0.351 e. The van der Waals surface area contributed by atoms with E-state index in [-0.39, 0.29) is 0 Å². The molecule has 0 aliphatic heterocycles. The Morgan fingerprint density at radius 1 is 1.07 bits per heavy atom. The lowest BCUT2D eigenvalue weighted by Gasteiger charge is -1.93. The van der Waals surface area contributed by atoms with E-state index in [1.54, 1.807) is 29.8 Å². The molecule has 0 spiro atoms. The molecule has 72 valence electrons. The highest BCUT2D eigenvalue weighted by Crippen LogP contribution is 2.20. The largest absolute Gasteiger partial charge is 0.351 e. The van der Waals surface area contributed by atoms with Gasteiger partial charge in [0.2, 0.25) is 0 Å². The third-order valence-electron chi connectivity index (χ3n) is 2.42. The van der Waals surface area contributed by atoms with Crippen LogP contribution < -0.4 is 0 Å². The van der Waals surface area contributed by atoms with Gasteiger partial charge in [-0.1, -0.05) is 24.3 Å². The van der Waals surface area contributed by atoms with Gasteiger partial charge >= 0.3 is 0 Å². The number of imidazole rings is 1. The van der Waals surface area contributed by atoms with E-state index in [0.29, 0.717) is 0 Å². The molecule has 0 fully saturated rings. The molecule has 1 heterocycles. The molecule has 0 radical (unpaired) electrons. The van der Waals surface area contributed by atoms with Crippen LogP contribution in [0.4, 0.5) is 0 Å². The number of aromatic nitrogens is 2. The average molecular weight is 186 g/mol. The molecule has 0 amide bonds. The summed E-state index contributed by atoms with van der Waals surface area (Å²) in [6.07, 6.45) is 9.05. The van der Waals surface area contributed by atoms with E-state index < -0.39 is 0 Å². The first-order valence-corrected chi connectivity index (χ1v) is 4.96. The van der Waals surface area contributed by atoms with E-state index >= 15 is 0 Å². The molecule has 2 heteroatoms. The predicted octanol–water partition coefficient (Wildman–Crippen LogP) is 2.59. The highest BCUT2D eigenvalue weighted by atomic mass is 14.8. The number of hydrogen-bond acceptors (Lipinski definition) is 1. The summed E-state index contributed by atoms with van der Waals surface area (Å²) in [4.78, 5) is 6.42. The minimum absolute atomic E-state index is 1.30. The van der Waals surface area contributed by atoms with E-state index in [9.17, 15) is 0 Å². The summed E-state index contributed by atoms with van der Waals surface area (Å²) in [6.45, 7) is 0. The van der Waals surface area contributed by atoms with Crippen LogP contribution in [-0.4, -0.2) is 9.97 Å². The topological polar surface area (TPSA) is 28.7 Å². The SMILES string of the molecule is c1c[nH]cn1.c1ccc2c(c1)CCC2. The van der Waals surface area contributed by atoms with Gasteiger partial charge in [-0.05, 0) is 30.4 Å². The quantitative estimate of drug-likeness (QED) is 0.673. The zero-order chi connectivity index (χ0) is 9.64. The van der Waals surface area contributed by atoms with E-state index in [2.05, 4.69) is 34.2 Å². The third-order valence-corrected chi connectivity index (χ3v) is 2.42. The Bertz CT molecular complexity index is 325. The van der Waals surface area contributed by atoms with Gasteiger partial charge in [-0.15, -0.1) is 0 Å². The van der Waals surface area contributed by atoms with Crippen LogP contribution in [0.2, 0.25) is 0 Å². The van der Waals surface area contributed by atoms with Gasteiger partial charge in [0.25, 0.3) is 0 Å². The molecule has 0 saturated carbocycles. The smallest absolute Gasteiger partial charge is 0.0919 e. The molecular formula is C12H14N2. The Hall–Kier alpha value is -1.57. The molecule has 0 unspecified atom stereocenters. The molecule has 1 N–H and O–H groups in total. The van der Waals surface area contributed by atoms with Gasteiger partial charge < -0.3 is 4.98 Å². The van der Waals surface area contributed by atoms with Crippen LogP contribution in [0.3, 0.4) is 0 Å². The van der Waals surface area contributed by atoms with Crippen molar-refractivity contribution in [2.75, 3.05) is 0 Å². The fraction of sp³-hybridized carbons (Fsp3) is 0.250. The van der Waals surface area contributed by atoms with E-state index in [1.807, 2.05) is 0 Å². The molecule has 0 bridgehead atoms. The normalized spacial score (nSPS) is 12.9. The average Bonchev–Trinajstić information content (AvgIpc) is 2.92. The van der Waals surface area contributed by atoms with Gasteiger partial charge in [-0.3, -0.25) is 0 Å².